The summed E-state index contributed by atoms with van der Waals surface area (Å²) < 4.78 is 10.8. The van der Waals surface area contributed by atoms with Crippen molar-refractivity contribution >= 4 is 29.9 Å². The fourth-order valence-corrected chi connectivity index (χ4v) is 4.65. The molecule has 0 aromatic carbocycles. The number of halogens is 1. The molecule has 172 valence electrons. The lowest BCUT2D eigenvalue weighted by molar-refractivity contribution is 0.00937. The van der Waals surface area contributed by atoms with Crippen molar-refractivity contribution in [1.29, 1.82) is 0 Å². The molecule has 2 heterocycles. The van der Waals surface area contributed by atoms with Gasteiger partial charge >= 0.3 is 0 Å². The number of ether oxygens (including phenoxy) is 1. The molecule has 0 spiro atoms. The van der Waals surface area contributed by atoms with Crippen LogP contribution in [0.5, 0.6) is 0 Å². The minimum atomic E-state index is 0. The summed E-state index contributed by atoms with van der Waals surface area (Å²) in [6, 6.07) is 0. The normalized spacial score (nSPS) is 19.9. The highest BCUT2D eigenvalue weighted by Crippen LogP contribution is 2.37. The van der Waals surface area contributed by atoms with Gasteiger partial charge in [-0.2, -0.15) is 0 Å². The molecule has 1 saturated carbocycles. The van der Waals surface area contributed by atoms with Gasteiger partial charge in [0, 0.05) is 50.2 Å². The Bertz CT molecular complexity index is 632. The molecule has 0 atom stereocenters. The zero-order chi connectivity index (χ0) is 20.5. The van der Waals surface area contributed by atoms with Gasteiger partial charge < -0.3 is 19.9 Å². The second kappa shape index (κ2) is 12.9. The average molecular weight is 533 g/mol. The van der Waals surface area contributed by atoms with Crippen LogP contribution in [0.25, 0.3) is 0 Å². The van der Waals surface area contributed by atoms with E-state index in [2.05, 4.69) is 27.6 Å². The molecule has 30 heavy (non-hydrogen) atoms. The maximum absolute atomic E-state index is 5.54. The predicted octanol–water partition coefficient (Wildman–Crippen LogP) is 3.29. The lowest BCUT2D eigenvalue weighted by atomic mass is 9.73. The van der Waals surface area contributed by atoms with Crippen molar-refractivity contribution in [3.05, 3.63) is 17.0 Å². The first-order valence-corrected chi connectivity index (χ1v) is 11.4. The zero-order valence-electron chi connectivity index (χ0n) is 19.0. The predicted molar refractivity (Wildman–Crippen MR) is 132 cm³/mol. The fraction of sp³-hybridized carbons (Fsp3) is 0.818. The SMILES string of the molecule is CCNC(=NCC1(CN2CCOCC2)CCCCC1)NCCc1c(C)noc1C.I. The number of hydrogen-bond donors (Lipinski definition) is 2. The van der Waals surface area contributed by atoms with Gasteiger partial charge in [-0.1, -0.05) is 24.4 Å². The number of aromatic nitrogens is 1. The molecule has 8 heteroatoms. The molecule has 7 nitrogen and oxygen atoms in total. The third kappa shape index (κ3) is 7.37. The summed E-state index contributed by atoms with van der Waals surface area (Å²) in [5, 5.41) is 11.0. The minimum absolute atomic E-state index is 0. The molecule has 1 saturated heterocycles. The van der Waals surface area contributed by atoms with Crippen molar-refractivity contribution < 1.29 is 9.26 Å². The van der Waals surface area contributed by atoms with E-state index < -0.39 is 0 Å². The van der Waals surface area contributed by atoms with Crippen LogP contribution in [-0.2, 0) is 11.2 Å². The van der Waals surface area contributed by atoms with Gasteiger partial charge in [-0.25, -0.2) is 0 Å². The molecular formula is C22H40IN5O2. The quantitative estimate of drug-likeness (QED) is 0.304. The van der Waals surface area contributed by atoms with Crippen LogP contribution in [0.1, 0.15) is 56.0 Å². The highest BCUT2D eigenvalue weighted by atomic mass is 127. The molecule has 2 N–H and O–H groups in total. The second-order valence-electron chi connectivity index (χ2n) is 8.62. The smallest absolute Gasteiger partial charge is 0.191 e. The molecule has 0 radical (unpaired) electrons. The molecule has 1 aromatic rings. The Kier molecular flexibility index (Phi) is 10.9. The van der Waals surface area contributed by atoms with E-state index in [4.69, 9.17) is 14.3 Å². The molecule has 3 rings (SSSR count). The Morgan fingerprint density at radius 3 is 2.50 bits per heavy atom. The summed E-state index contributed by atoms with van der Waals surface area (Å²) in [7, 11) is 0. The van der Waals surface area contributed by atoms with Crippen molar-refractivity contribution in [1.82, 2.24) is 20.7 Å². The van der Waals surface area contributed by atoms with Crippen LogP contribution in [0, 0.1) is 19.3 Å². The monoisotopic (exact) mass is 533 g/mol. The molecule has 1 aliphatic heterocycles. The van der Waals surface area contributed by atoms with Crippen molar-refractivity contribution in [3.8, 4) is 0 Å². The summed E-state index contributed by atoms with van der Waals surface area (Å²) in [6.07, 6.45) is 7.49. The Morgan fingerprint density at radius 2 is 1.87 bits per heavy atom. The van der Waals surface area contributed by atoms with E-state index in [1.165, 1.54) is 37.7 Å². The van der Waals surface area contributed by atoms with Crippen LogP contribution in [0.4, 0.5) is 0 Å². The van der Waals surface area contributed by atoms with Crippen molar-refractivity contribution in [2.24, 2.45) is 10.4 Å². The average Bonchev–Trinajstić information content (AvgIpc) is 3.05. The lowest BCUT2D eigenvalue weighted by Gasteiger charge is -2.41. The zero-order valence-corrected chi connectivity index (χ0v) is 21.3. The Morgan fingerprint density at radius 1 is 1.13 bits per heavy atom. The van der Waals surface area contributed by atoms with Gasteiger partial charge in [-0.05, 0) is 40.0 Å². The summed E-state index contributed by atoms with van der Waals surface area (Å²) in [4.78, 5) is 7.62. The van der Waals surface area contributed by atoms with E-state index >= 15 is 0 Å². The van der Waals surface area contributed by atoms with E-state index in [0.29, 0.717) is 5.41 Å². The number of aryl methyl sites for hydroxylation is 2. The molecular weight excluding hydrogens is 493 g/mol. The van der Waals surface area contributed by atoms with Gasteiger partial charge in [0.2, 0.25) is 0 Å². The Labute approximate surface area is 198 Å². The number of morpholine rings is 1. The number of nitrogens with one attached hydrogen (secondary N) is 2. The van der Waals surface area contributed by atoms with E-state index in [9.17, 15) is 0 Å². The van der Waals surface area contributed by atoms with Crippen LogP contribution >= 0.6 is 24.0 Å². The van der Waals surface area contributed by atoms with Crippen LogP contribution in [0.15, 0.2) is 9.52 Å². The topological polar surface area (TPSA) is 74.9 Å². The Balaban J connectivity index is 0.00000320. The number of aliphatic imine (C=N–C) groups is 1. The lowest BCUT2D eigenvalue weighted by Crippen LogP contribution is -2.46. The summed E-state index contributed by atoms with van der Waals surface area (Å²) >= 11 is 0. The summed E-state index contributed by atoms with van der Waals surface area (Å²) in [5.41, 5.74) is 2.49. The van der Waals surface area contributed by atoms with Gasteiger partial charge in [0.05, 0.1) is 18.9 Å². The molecule has 0 unspecified atom stereocenters. The number of guanidine groups is 1. The Hall–Kier alpha value is -0.870. The summed E-state index contributed by atoms with van der Waals surface area (Å²) in [6.45, 7) is 13.7. The van der Waals surface area contributed by atoms with Crippen molar-refractivity contribution in [3.63, 3.8) is 0 Å². The van der Waals surface area contributed by atoms with Crippen LogP contribution in [0.3, 0.4) is 0 Å². The van der Waals surface area contributed by atoms with E-state index in [1.54, 1.807) is 0 Å². The highest BCUT2D eigenvalue weighted by molar-refractivity contribution is 14.0. The number of hydrogen-bond acceptors (Lipinski definition) is 5. The standard InChI is InChI=1S/C22H39N5O2.HI/c1-4-23-21(24-11-8-20-18(2)26-29-19(20)3)25-16-22(9-6-5-7-10-22)17-27-12-14-28-15-13-27;/h4-17H2,1-3H3,(H2,23,24,25);1H. The van der Waals surface area contributed by atoms with E-state index in [0.717, 1.165) is 76.3 Å². The number of nitrogens with zero attached hydrogens (tertiary/aromatic N) is 3. The first kappa shape index (κ1) is 25.4. The van der Waals surface area contributed by atoms with Gasteiger partial charge in [-0.3, -0.25) is 9.89 Å². The van der Waals surface area contributed by atoms with E-state index in [1.807, 2.05) is 13.8 Å². The van der Waals surface area contributed by atoms with Crippen molar-refractivity contribution in [2.45, 2.75) is 59.3 Å². The third-order valence-electron chi connectivity index (χ3n) is 6.34. The fourth-order valence-electron chi connectivity index (χ4n) is 4.65. The summed E-state index contributed by atoms with van der Waals surface area (Å²) in [5.74, 6) is 1.84. The highest BCUT2D eigenvalue weighted by Gasteiger charge is 2.34. The molecule has 1 aliphatic carbocycles. The van der Waals surface area contributed by atoms with E-state index in [-0.39, 0.29) is 24.0 Å². The maximum atomic E-state index is 5.54. The molecule has 0 bridgehead atoms. The minimum Gasteiger partial charge on any atom is -0.379 e. The van der Waals surface area contributed by atoms with Crippen LogP contribution < -0.4 is 10.6 Å². The molecule has 2 fully saturated rings. The third-order valence-corrected chi connectivity index (χ3v) is 6.34. The first-order valence-electron chi connectivity index (χ1n) is 11.4. The first-order chi connectivity index (χ1) is 14.1. The number of rotatable bonds is 8. The van der Waals surface area contributed by atoms with Gasteiger partial charge in [0.15, 0.2) is 5.96 Å². The van der Waals surface area contributed by atoms with Crippen molar-refractivity contribution in [2.75, 3.05) is 52.5 Å². The molecule has 1 aromatic heterocycles. The van der Waals surface area contributed by atoms with Gasteiger partial charge in [0.1, 0.15) is 5.76 Å². The molecule has 2 aliphatic rings. The second-order valence-corrected chi connectivity index (χ2v) is 8.62. The van der Waals surface area contributed by atoms with Gasteiger partial charge in [0.25, 0.3) is 0 Å². The van der Waals surface area contributed by atoms with Crippen LogP contribution in [0.2, 0.25) is 0 Å². The van der Waals surface area contributed by atoms with Gasteiger partial charge in [-0.15, -0.1) is 24.0 Å². The van der Waals surface area contributed by atoms with Crippen LogP contribution in [-0.4, -0.2) is 68.5 Å². The maximum Gasteiger partial charge on any atom is 0.191 e. The molecule has 0 amide bonds. The largest absolute Gasteiger partial charge is 0.379 e.